The van der Waals surface area contributed by atoms with Crippen molar-refractivity contribution in [2.75, 3.05) is 6.61 Å². The van der Waals surface area contributed by atoms with Crippen LogP contribution >= 0.6 is 0 Å². The molecule has 0 aromatic heterocycles. The van der Waals surface area contributed by atoms with Crippen LogP contribution in [0.2, 0.25) is 0 Å². The monoisotopic (exact) mass is 215 g/mol. The lowest BCUT2D eigenvalue weighted by atomic mass is 9.99. The lowest BCUT2D eigenvalue weighted by Crippen LogP contribution is -2.43. The van der Waals surface area contributed by atoms with Gasteiger partial charge in [-0.1, -0.05) is 20.8 Å². The van der Waals surface area contributed by atoms with Crippen LogP contribution < -0.4 is 0 Å². The molecule has 0 unspecified atom stereocenters. The van der Waals surface area contributed by atoms with Crippen LogP contribution in [0.5, 0.6) is 0 Å². The minimum atomic E-state index is -0.213. The maximum Gasteiger partial charge on any atom is 0.410 e. The largest absolute Gasteiger partial charge is 0.449 e. The van der Waals surface area contributed by atoms with E-state index < -0.39 is 0 Å². The summed E-state index contributed by atoms with van der Waals surface area (Å²) < 4.78 is 5.28. The minimum absolute atomic E-state index is 0.0231. The number of carbonyl (C=O) groups is 1. The van der Waals surface area contributed by atoms with Crippen LogP contribution in [0.1, 0.15) is 48.5 Å². The van der Waals surface area contributed by atoms with Gasteiger partial charge in [-0.25, -0.2) is 4.79 Å². The molecule has 0 aliphatic carbocycles. The number of rotatable bonds is 3. The molecule has 0 rings (SSSR count). The van der Waals surface area contributed by atoms with E-state index >= 15 is 0 Å². The first-order chi connectivity index (χ1) is 6.65. The van der Waals surface area contributed by atoms with Crippen LogP contribution in [0.15, 0.2) is 0 Å². The van der Waals surface area contributed by atoms with E-state index in [4.69, 9.17) is 4.74 Å². The molecule has 1 amide bonds. The standard InChI is InChI=1S/C12H25NO2/c1-9(2)13(10(3)4)11(14)15-8-12(5,6)7/h9-10H,8H2,1-7H3. The fourth-order valence-electron chi connectivity index (χ4n) is 1.37. The summed E-state index contributed by atoms with van der Waals surface area (Å²) in [6.07, 6.45) is -0.213. The summed E-state index contributed by atoms with van der Waals surface area (Å²) in [7, 11) is 0. The zero-order valence-electron chi connectivity index (χ0n) is 11.1. The summed E-state index contributed by atoms with van der Waals surface area (Å²) in [4.78, 5) is 13.5. The van der Waals surface area contributed by atoms with Gasteiger partial charge in [-0.05, 0) is 33.1 Å². The SMILES string of the molecule is CC(C)N(C(=O)OCC(C)(C)C)C(C)C. The Labute approximate surface area is 93.8 Å². The van der Waals surface area contributed by atoms with Crippen LogP contribution in [0.25, 0.3) is 0 Å². The summed E-state index contributed by atoms with van der Waals surface area (Å²) in [5, 5.41) is 0. The van der Waals surface area contributed by atoms with Gasteiger partial charge in [0.2, 0.25) is 0 Å². The van der Waals surface area contributed by atoms with Crippen molar-refractivity contribution in [3.8, 4) is 0 Å². The maximum absolute atomic E-state index is 11.8. The molecule has 90 valence electrons. The van der Waals surface area contributed by atoms with Crippen molar-refractivity contribution in [1.82, 2.24) is 4.90 Å². The van der Waals surface area contributed by atoms with E-state index in [0.717, 1.165) is 0 Å². The van der Waals surface area contributed by atoms with Gasteiger partial charge in [0.1, 0.15) is 0 Å². The third-order valence-electron chi connectivity index (χ3n) is 1.95. The molecule has 0 radical (unpaired) electrons. The molecule has 0 saturated heterocycles. The molecule has 0 aromatic carbocycles. The number of ether oxygens (including phenoxy) is 1. The van der Waals surface area contributed by atoms with Crippen molar-refractivity contribution in [3.05, 3.63) is 0 Å². The Morgan fingerprint density at radius 1 is 1.13 bits per heavy atom. The molecular weight excluding hydrogens is 190 g/mol. The third-order valence-corrected chi connectivity index (χ3v) is 1.95. The Hall–Kier alpha value is -0.730. The van der Waals surface area contributed by atoms with Gasteiger partial charge in [-0.3, -0.25) is 0 Å². The van der Waals surface area contributed by atoms with Gasteiger partial charge >= 0.3 is 6.09 Å². The van der Waals surface area contributed by atoms with Gasteiger partial charge in [0.15, 0.2) is 0 Å². The molecule has 0 bridgehead atoms. The predicted molar refractivity (Wildman–Crippen MR) is 62.9 cm³/mol. The number of carbonyl (C=O) groups excluding carboxylic acids is 1. The van der Waals surface area contributed by atoms with Crippen LogP contribution in [0.3, 0.4) is 0 Å². The highest BCUT2D eigenvalue weighted by Gasteiger charge is 2.23. The Bertz CT molecular complexity index is 196. The molecular formula is C12H25NO2. The first-order valence-electron chi connectivity index (χ1n) is 5.60. The highest BCUT2D eigenvalue weighted by molar-refractivity contribution is 5.68. The molecule has 0 aromatic rings. The number of amides is 1. The van der Waals surface area contributed by atoms with E-state index in [-0.39, 0.29) is 23.6 Å². The average Bonchev–Trinajstić information content (AvgIpc) is 1.97. The fourth-order valence-corrected chi connectivity index (χ4v) is 1.37. The second-order valence-corrected chi connectivity index (χ2v) is 5.71. The summed E-state index contributed by atoms with van der Waals surface area (Å²) in [5.41, 5.74) is 0.0231. The van der Waals surface area contributed by atoms with E-state index in [1.807, 2.05) is 27.7 Å². The average molecular weight is 215 g/mol. The summed E-state index contributed by atoms with van der Waals surface area (Å²) in [5.74, 6) is 0. The topological polar surface area (TPSA) is 29.5 Å². The second kappa shape index (κ2) is 5.38. The lowest BCUT2D eigenvalue weighted by molar-refractivity contribution is 0.0547. The highest BCUT2D eigenvalue weighted by Crippen LogP contribution is 2.15. The van der Waals surface area contributed by atoms with Crippen LogP contribution in [0, 0.1) is 5.41 Å². The van der Waals surface area contributed by atoms with Gasteiger partial charge < -0.3 is 9.64 Å². The molecule has 0 N–H and O–H groups in total. The van der Waals surface area contributed by atoms with E-state index in [2.05, 4.69) is 20.8 Å². The van der Waals surface area contributed by atoms with Crippen molar-refractivity contribution >= 4 is 6.09 Å². The number of nitrogens with zero attached hydrogens (tertiary/aromatic N) is 1. The third kappa shape index (κ3) is 5.65. The smallest absolute Gasteiger partial charge is 0.410 e. The predicted octanol–water partition coefficient (Wildman–Crippen LogP) is 3.29. The first-order valence-corrected chi connectivity index (χ1v) is 5.60. The lowest BCUT2D eigenvalue weighted by Gasteiger charge is -2.31. The molecule has 0 fully saturated rings. The van der Waals surface area contributed by atoms with Gasteiger partial charge in [0.25, 0.3) is 0 Å². The second-order valence-electron chi connectivity index (χ2n) is 5.71. The van der Waals surface area contributed by atoms with E-state index in [1.165, 1.54) is 0 Å². The molecule has 3 heteroatoms. The van der Waals surface area contributed by atoms with Gasteiger partial charge in [0.05, 0.1) is 6.61 Å². The van der Waals surface area contributed by atoms with Gasteiger partial charge in [-0.15, -0.1) is 0 Å². The fraction of sp³-hybridized carbons (Fsp3) is 0.917. The number of hydrogen-bond donors (Lipinski definition) is 0. The molecule has 0 heterocycles. The Morgan fingerprint density at radius 2 is 1.53 bits per heavy atom. The highest BCUT2D eigenvalue weighted by atomic mass is 16.6. The minimum Gasteiger partial charge on any atom is -0.449 e. The Kier molecular flexibility index (Phi) is 5.12. The zero-order chi connectivity index (χ0) is 12.2. The molecule has 3 nitrogen and oxygen atoms in total. The van der Waals surface area contributed by atoms with Gasteiger partial charge in [-0.2, -0.15) is 0 Å². The number of hydrogen-bond acceptors (Lipinski definition) is 2. The van der Waals surface area contributed by atoms with E-state index in [9.17, 15) is 4.79 Å². The van der Waals surface area contributed by atoms with E-state index in [0.29, 0.717) is 6.61 Å². The normalized spacial score (nSPS) is 12.1. The van der Waals surface area contributed by atoms with Crippen LogP contribution in [0.4, 0.5) is 4.79 Å². The molecule has 0 aliphatic heterocycles. The van der Waals surface area contributed by atoms with Crippen molar-refractivity contribution in [3.63, 3.8) is 0 Å². The van der Waals surface area contributed by atoms with Crippen LogP contribution in [-0.2, 0) is 4.74 Å². The Balaban J connectivity index is 4.29. The molecule has 0 aliphatic rings. The summed E-state index contributed by atoms with van der Waals surface area (Å²) in [6.45, 7) is 14.6. The maximum atomic E-state index is 11.8. The quantitative estimate of drug-likeness (QED) is 0.723. The van der Waals surface area contributed by atoms with Crippen molar-refractivity contribution in [1.29, 1.82) is 0 Å². The first kappa shape index (κ1) is 14.3. The van der Waals surface area contributed by atoms with Crippen LogP contribution in [-0.4, -0.2) is 29.7 Å². The van der Waals surface area contributed by atoms with Crippen molar-refractivity contribution < 1.29 is 9.53 Å². The van der Waals surface area contributed by atoms with Crippen molar-refractivity contribution in [2.45, 2.75) is 60.5 Å². The van der Waals surface area contributed by atoms with Crippen molar-refractivity contribution in [2.24, 2.45) is 5.41 Å². The molecule has 0 spiro atoms. The van der Waals surface area contributed by atoms with E-state index in [1.54, 1.807) is 4.90 Å². The molecule has 0 saturated carbocycles. The zero-order valence-corrected chi connectivity index (χ0v) is 11.1. The molecule has 0 atom stereocenters. The molecule has 15 heavy (non-hydrogen) atoms. The Morgan fingerprint density at radius 3 is 1.80 bits per heavy atom. The summed E-state index contributed by atoms with van der Waals surface area (Å²) >= 11 is 0. The van der Waals surface area contributed by atoms with Gasteiger partial charge in [0, 0.05) is 12.1 Å². The summed E-state index contributed by atoms with van der Waals surface area (Å²) in [6, 6.07) is 0.356.